The van der Waals surface area contributed by atoms with Crippen LogP contribution in [0.3, 0.4) is 0 Å². The number of nitrogens with two attached hydrogens (primary N) is 4. The number of carbonyl (C=O) groups excluding carboxylic acids is 2. The van der Waals surface area contributed by atoms with Gasteiger partial charge in [0.25, 0.3) is 0 Å². The van der Waals surface area contributed by atoms with E-state index in [-0.39, 0.29) is 11.4 Å². The van der Waals surface area contributed by atoms with Gasteiger partial charge in [-0.2, -0.15) is 0 Å². The summed E-state index contributed by atoms with van der Waals surface area (Å²) in [7, 11) is 0. The standard InChI is InChI=1S/C9H13FN6O2/c1-4-2-5(10)7(16(14)9(12)18)3-6(4)15(13)8(11)17/h2-3H,13-14H2,1H3,(H2,11,17)(H2,12,18). The van der Waals surface area contributed by atoms with Crippen LogP contribution in [0.25, 0.3) is 0 Å². The molecule has 0 saturated carbocycles. The lowest BCUT2D eigenvalue weighted by Gasteiger charge is -2.20. The quantitative estimate of drug-likeness (QED) is 0.325. The Kier molecular flexibility index (Phi) is 3.69. The van der Waals surface area contributed by atoms with E-state index in [1.807, 2.05) is 0 Å². The Morgan fingerprint density at radius 3 is 1.94 bits per heavy atom. The van der Waals surface area contributed by atoms with Crippen molar-refractivity contribution < 1.29 is 14.0 Å². The molecule has 98 valence electrons. The molecule has 0 saturated heterocycles. The van der Waals surface area contributed by atoms with Gasteiger partial charge in [0.05, 0.1) is 5.69 Å². The van der Waals surface area contributed by atoms with Gasteiger partial charge in [0.15, 0.2) is 0 Å². The number of urea groups is 2. The normalized spacial score (nSPS) is 10.0. The Hall–Kier alpha value is -2.39. The second kappa shape index (κ2) is 4.85. The number of aryl methyl sites for hydroxylation is 1. The number of nitrogens with zero attached hydrogens (tertiary/aromatic N) is 2. The molecule has 0 atom stereocenters. The van der Waals surface area contributed by atoms with Crippen molar-refractivity contribution in [1.29, 1.82) is 0 Å². The van der Waals surface area contributed by atoms with Crippen molar-refractivity contribution in [2.24, 2.45) is 23.2 Å². The van der Waals surface area contributed by atoms with E-state index in [1.54, 1.807) is 0 Å². The SMILES string of the molecule is Cc1cc(F)c(N(N)C(N)=O)cc1N(N)C(N)=O. The Bertz CT molecular complexity index is 465. The summed E-state index contributed by atoms with van der Waals surface area (Å²) in [5, 5.41) is 1.00. The third kappa shape index (κ3) is 2.47. The number of primary amides is 2. The van der Waals surface area contributed by atoms with Crippen molar-refractivity contribution in [1.82, 2.24) is 0 Å². The van der Waals surface area contributed by atoms with E-state index in [0.29, 0.717) is 15.6 Å². The average Bonchev–Trinajstić information content (AvgIpc) is 2.27. The van der Waals surface area contributed by atoms with Gasteiger partial charge in [-0.25, -0.2) is 35.7 Å². The minimum atomic E-state index is -1.06. The molecule has 0 aliphatic rings. The predicted octanol–water partition coefficient (Wildman–Crippen LogP) is -0.348. The fourth-order valence-corrected chi connectivity index (χ4v) is 1.33. The first-order chi connectivity index (χ1) is 8.25. The van der Waals surface area contributed by atoms with Crippen LogP contribution in [0.4, 0.5) is 25.4 Å². The lowest BCUT2D eigenvalue weighted by Crippen LogP contribution is -2.44. The van der Waals surface area contributed by atoms with E-state index in [2.05, 4.69) is 0 Å². The zero-order valence-electron chi connectivity index (χ0n) is 9.55. The van der Waals surface area contributed by atoms with Crippen molar-refractivity contribution in [2.45, 2.75) is 6.92 Å². The number of carbonyl (C=O) groups is 2. The molecule has 18 heavy (non-hydrogen) atoms. The second-order valence-electron chi connectivity index (χ2n) is 3.51. The summed E-state index contributed by atoms with van der Waals surface area (Å²) in [6.07, 6.45) is 0. The molecule has 0 aromatic heterocycles. The lowest BCUT2D eigenvalue weighted by atomic mass is 10.1. The molecule has 0 spiro atoms. The molecule has 9 heteroatoms. The van der Waals surface area contributed by atoms with Gasteiger partial charge in [-0.15, -0.1) is 0 Å². The topological polar surface area (TPSA) is 145 Å². The lowest BCUT2D eigenvalue weighted by molar-refractivity contribution is 0.253. The molecule has 0 unspecified atom stereocenters. The maximum atomic E-state index is 13.6. The minimum absolute atomic E-state index is 0.107. The van der Waals surface area contributed by atoms with Gasteiger partial charge < -0.3 is 11.5 Å². The maximum Gasteiger partial charge on any atom is 0.333 e. The molecule has 0 fully saturated rings. The van der Waals surface area contributed by atoms with Crippen LogP contribution in [0.15, 0.2) is 12.1 Å². The molecule has 0 radical (unpaired) electrons. The van der Waals surface area contributed by atoms with E-state index >= 15 is 0 Å². The number of halogens is 1. The molecule has 1 rings (SSSR count). The van der Waals surface area contributed by atoms with Crippen LogP contribution in [-0.2, 0) is 0 Å². The first-order valence-electron chi connectivity index (χ1n) is 4.74. The predicted molar refractivity (Wildman–Crippen MR) is 63.6 cm³/mol. The van der Waals surface area contributed by atoms with Gasteiger partial charge in [0.2, 0.25) is 0 Å². The average molecular weight is 256 g/mol. The third-order valence-electron chi connectivity index (χ3n) is 2.26. The highest BCUT2D eigenvalue weighted by molar-refractivity contribution is 5.94. The number of hydrogen-bond donors (Lipinski definition) is 4. The van der Waals surface area contributed by atoms with E-state index in [9.17, 15) is 14.0 Å². The summed E-state index contributed by atoms with van der Waals surface area (Å²) >= 11 is 0. The summed E-state index contributed by atoms with van der Waals surface area (Å²) in [5.74, 6) is 9.89. The second-order valence-corrected chi connectivity index (χ2v) is 3.51. The number of hydrogen-bond acceptors (Lipinski definition) is 4. The van der Waals surface area contributed by atoms with Crippen LogP contribution in [0.5, 0.6) is 0 Å². The summed E-state index contributed by atoms with van der Waals surface area (Å²) in [6.45, 7) is 1.51. The highest BCUT2D eigenvalue weighted by atomic mass is 19.1. The van der Waals surface area contributed by atoms with Crippen LogP contribution in [-0.4, -0.2) is 12.1 Å². The van der Waals surface area contributed by atoms with Crippen molar-refractivity contribution in [3.05, 3.63) is 23.5 Å². The zero-order valence-corrected chi connectivity index (χ0v) is 9.55. The maximum absolute atomic E-state index is 13.6. The van der Waals surface area contributed by atoms with E-state index in [1.165, 1.54) is 6.92 Å². The van der Waals surface area contributed by atoms with Crippen LogP contribution in [0, 0.1) is 12.7 Å². The molecule has 1 aromatic carbocycles. The van der Waals surface area contributed by atoms with Crippen LogP contribution in [0.1, 0.15) is 5.56 Å². The summed E-state index contributed by atoms with van der Waals surface area (Å²) in [5.41, 5.74) is 10.0. The smallest absolute Gasteiger partial charge is 0.333 e. The third-order valence-corrected chi connectivity index (χ3v) is 2.26. The van der Waals surface area contributed by atoms with Crippen molar-refractivity contribution in [2.75, 3.05) is 10.0 Å². The van der Waals surface area contributed by atoms with E-state index in [0.717, 1.165) is 12.1 Å². The van der Waals surface area contributed by atoms with Gasteiger partial charge in [-0.1, -0.05) is 0 Å². The number of rotatable bonds is 2. The van der Waals surface area contributed by atoms with Crippen LogP contribution in [0.2, 0.25) is 0 Å². The molecule has 8 N–H and O–H groups in total. The Morgan fingerprint density at radius 2 is 1.50 bits per heavy atom. The highest BCUT2D eigenvalue weighted by Gasteiger charge is 2.18. The van der Waals surface area contributed by atoms with Crippen LogP contribution >= 0.6 is 0 Å². The highest BCUT2D eigenvalue weighted by Crippen LogP contribution is 2.27. The molecule has 8 nitrogen and oxygen atoms in total. The largest absolute Gasteiger partial charge is 0.350 e. The Labute approximate surface area is 102 Å². The van der Waals surface area contributed by atoms with Crippen LogP contribution < -0.4 is 33.2 Å². The molecular weight excluding hydrogens is 243 g/mol. The number of anilines is 2. The van der Waals surface area contributed by atoms with Gasteiger partial charge >= 0.3 is 12.1 Å². The van der Waals surface area contributed by atoms with Crippen molar-refractivity contribution in [3.8, 4) is 0 Å². The van der Waals surface area contributed by atoms with E-state index in [4.69, 9.17) is 23.2 Å². The number of benzene rings is 1. The molecule has 0 bridgehead atoms. The minimum Gasteiger partial charge on any atom is -0.350 e. The number of amides is 4. The Morgan fingerprint density at radius 1 is 1.06 bits per heavy atom. The van der Waals surface area contributed by atoms with Crippen molar-refractivity contribution in [3.63, 3.8) is 0 Å². The molecular formula is C9H13FN6O2. The molecule has 0 heterocycles. The monoisotopic (exact) mass is 256 g/mol. The summed E-state index contributed by atoms with van der Waals surface area (Å²) < 4.78 is 13.6. The van der Waals surface area contributed by atoms with Gasteiger partial charge in [0.1, 0.15) is 11.5 Å². The Balaban J connectivity index is 3.35. The first kappa shape index (κ1) is 13.7. The summed E-state index contributed by atoms with van der Waals surface area (Å²) in [6, 6.07) is 0.140. The van der Waals surface area contributed by atoms with Gasteiger partial charge in [0, 0.05) is 0 Å². The molecule has 0 aliphatic heterocycles. The van der Waals surface area contributed by atoms with Gasteiger partial charge in [-0.05, 0) is 24.6 Å². The zero-order chi connectivity index (χ0) is 14.0. The number of hydrazine groups is 2. The van der Waals surface area contributed by atoms with Crippen molar-refractivity contribution >= 4 is 23.4 Å². The fourth-order valence-electron chi connectivity index (χ4n) is 1.33. The fraction of sp³-hybridized carbons (Fsp3) is 0.111. The summed E-state index contributed by atoms with van der Waals surface area (Å²) in [4.78, 5) is 21.8. The van der Waals surface area contributed by atoms with E-state index < -0.39 is 17.9 Å². The van der Waals surface area contributed by atoms with Gasteiger partial charge in [-0.3, -0.25) is 0 Å². The molecule has 1 aromatic rings. The molecule has 4 amide bonds. The first-order valence-corrected chi connectivity index (χ1v) is 4.74. The molecule has 0 aliphatic carbocycles.